The van der Waals surface area contributed by atoms with E-state index in [4.69, 9.17) is 10.1 Å². The van der Waals surface area contributed by atoms with E-state index >= 15 is 0 Å². The zero-order chi connectivity index (χ0) is 28.6. The highest BCUT2D eigenvalue weighted by molar-refractivity contribution is 5.97. The third kappa shape index (κ3) is 5.36. The molecule has 0 spiro atoms. The van der Waals surface area contributed by atoms with Crippen molar-refractivity contribution in [3.8, 4) is 22.5 Å². The topological polar surface area (TPSA) is 84.1 Å². The molecule has 1 N–H and O–H groups in total. The summed E-state index contributed by atoms with van der Waals surface area (Å²) >= 11 is 0. The molecule has 7 rings (SSSR count). The van der Waals surface area contributed by atoms with Crippen molar-refractivity contribution < 1.29 is 4.79 Å². The number of amides is 1. The number of piperidine rings is 2. The van der Waals surface area contributed by atoms with Crippen LogP contribution in [0.4, 0.5) is 0 Å². The van der Waals surface area contributed by atoms with Crippen LogP contribution in [0.1, 0.15) is 56.3 Å². The molecule has 0 bridgehead atoms. The number of pyridine rings is 1. The zero-order valence-electron chi connectivity index (χ0n) is 24.9. The molecule has 3 aliphatic rings. The van der Waals surface area contributed by atoms with Crippen LogP contribution in [0.25, 0.3) is 33.3 Å². The molecule has 0 atom stereocenters. The van der Waals surface area contributed by atoms with E-state index < -0.39 is 0 Å². The average Bonchev–Trinajstić information content (AvgIpc) is 3.63. The highest BCUT2D eigenvalue weighted by atomic mass is 16.2. The molecule has 0 radical (unpaired) electrons. The Bertz CT molecular complexity index is 1570. The van der Waals surface area contributed by atoms with Crippen LogP contribution < -0.4 is 5.32 Å². The molecule has 3 aromatic heterocycles. The second-order valence-corrected chi connectivity index (χ2v) is 12.5. The van der Waals surface area contributed by atoms with Gasteiger partial charge in [-0.3, -0.25) is 19.1 Å². The van der Waals surface area contributed by atoms with E-state index in [0.29, 0.717) is 12.6 Å². The van der Waals surface area contributed by atoms with Gasteiger partial charge in [0.2, 0.25) is 5.91 Å². The summed E-state index contributed by atoms with van der Waals surface area (Å²) in [6, 6.07) is 8.96. The van der Waals surface area contributed by atoms with Crippen molar-refractivity contribution in [3.05, 3.63) is 54.1 Å². The number of fused-ring (bicyclic) bond motifs is 2. The molecule has 3 aliphatic heterocycles. The maximum Gasteiger partial charge on any atom is 0.219 e. The number of aromatic nitrogens is 5. The quantitative estimate of drug-likeness (QED) is 0.372. The second-order valence-electron chi connectivity index (χ2n) is 12.5. The van der Waals surface area contributed by atoms with Gasteiger partial charge in [-0.1, -0.05) is 18.2 Å². The first-order chi connectivity index (χ1) is 20.5. The smallest absolute Gasteiger partial charge is 0.219 e. The van der Waals surface area contributed by atoms with Crippen molar-refractivity contribution in [2.24, 2.45) is 13.0 Å². The average molecular weight is 567 g/mol. The van der Waals surface area contributed by atoms with Gasteiger partial charge in [-0.15, -0.1) is 0 Å². The lowest BCUT2D eigenvalue weighted by Gasteiger charge is -2.35. The first-order valence-electron chi connectivity index (χ1n) is 15.7. The maximum atomic E-state index is 12.4. The summed E-state index contributed by atoms with van der Waals surface area (Å²) in [4.78, 5) is 21.9. The van der Waals surface area contributed by atoms with E-state index in [1.54, 1.807) is 11.6 Å². The first-order valence-corrected chi connectivity index (χ1v) is 15.7. The minimum absolute atomic E-state index is 0.127. The Morgan fingerprint density at radius 2 is 1.90 bits per heavy atom. The fourth-order valence-electron chi connectivity index (χ4n) is 7.25. The third-order valence-electron chi connectivity index (χ3n) is 9.77. The van der Waals surface area contributed by atoms with Crippen LogP contribution in [0.2, 0.25) is 0 Å². The fourth-order valence-corrected chi connectivity index (χ4v) is 7.25. The fraction of sp³-hybridized carbons (Fsp3) is 0.515. The molecule has 4 aromatic rings. The van der Waals surface area contributed by atoms with Crippen molar-refractivity contribution in [1.82, 2.24) is 39.7 Å². The Morgan fingerprint density at radius 3 is 2.67 bits per heavy atom. The summed E-state index contributed by atoms with van der Waals surface area (Å²) in [6.07, 6.45) is 12.9. The molecular weight excluding hydrogens is 524 g/mol. The van der Waals surface area contributed by atoms with Gasteiger partial charge in [0.1, 0.15) is 0 Å². The van der Waals surface area contributed by atoms with Gasteiger partial charge in [0.05, 0.1) is 23.6 Å². The standard InChI is InChI=1S/C33H42N8O/c1-23(42)40-17-11-32-30(22-40)33(28-5-3-4-25-18-31(35-20-29(25)28)26-19-36-38(2)21-26)37-41(32)27-9-15-39(16-10-27)14-8-24-6-12-34-13-7-24/h3-5,18-21,24,27,34H,6-17,22H2,1-2H3. The minimum Gasteiger partial charge on any atom is -0.338 e. The number of nitrogens with one attached hydrogen (secondary N) is 1. The van der Waals surface area contributed by atoms with Crippen LogP contribution in [0.5, 0.6) is 0 Å². The van der Waals surface area contributed by atoms with E-state index in [1.165, 1.54) is 50.2 Å². The van der Waals surface area contributed by atoms with E-state index in [-0.39, 0.29) is 5.91 Å². The number of nitrogens with zero attached hydrogens (tertiary/aromatic N) is 7. The molecule has 0 saturated carbocycles. The highest BCUT2D eigenvalue weighted by Crippen LogP contribution is 2.37. The number of carbonyl (C=O) groups is 1. The van der Waals surface area contributed by atoms with Gasteiger partial charge in [-0.05, 0) is 69.1 Å². The van der Waals surface area contributed by atoms with E-state index in [0.717, 1.165) is 78.1 Å². The Hall–Kier alpha value is -3.56. The number of hydrogen-bond donors (Lipinski definition) is 1. The molecule has 0 unspecified atom stereocenters. The number of carbonyl (C=O) groups excluding carboxylic acids is 1. The summed E-state index contributed by atoms with van der Waals surface area (Å²) in [7, 11) is 1.92. The van der Waals surface area contributed by atoms with E-state index in [9.17, 15) is 4.79 Å². The maximum absolute atomic E-state index is 12.4. The van der Waals surface area contributed by atoms with Gasteiger partial charge < -0.3 is 15.1 Å². The molecule has 1 aromatic carbocycles. The predicted octanol–water partition coefficient (Wildman–Crippen LogP) is 4.43. The zero-order valence-corrected chi connectivity index (χ0v) is 24.9. The number of aryl methyl sites for hydroxylation is 1. The second kappa shape index (κ2) is 11.6. The summed E-state index contributed by atoms with van der Waals surface area (Å²) in [5.41, 5.74) is 6.53. The van der Waals surface area contributed by atoms with Crippen LogP contribution in [-0.4, -0.2) is 79.5 Å². The third-order valence-corrected chi connectivity index (χ3v) is 9.77. The van der Waals surface area contributed by atoms with Gasteiger partial charge in [0, 0.05) is 86.7 Å². The Labute approximate surface area is 247 Å². The lowest BCUT2D eigenvalue weighted by Crippen LogP contribution is -2.38. The molecule has 9 heteroatoms. The normalized spacial score (nSPS) is 19.0. The molecule has 42 heavy (non-hydrogen) atoms. The Kier molecular flexibility index (Phi) is 7.54. The first kappa shape index (κ1) is 27.3. The van der Waals surface area contributed by atoms with Gasteiger partial charge in [-0.2, -0.15) is 10.2 Å². The lowest BCUT2D eigenvalue weighted by molar-refractivity contribution is -0.129. The van der Waals surface area contributed by atoms with Crippen LogP contribution in [-0.2, 0) is 24.8 Å². The van der Waals surface area contributed by atoms with Crippen LogP contribution in [0, 0.1) is 5.92 Å². The summed E-state index contributed by atoms with van der Waals surface area (Å²) < 4.78 is 4.15. The van der Waals surface area contributed by atoms with E-state index in [1.807, 2.05) is 30.5 Å². The van der Waals surface area contributed by atoms with Crippen molar-refractivity contribution in [1.29, 1.82) is 0 Å². The van der Waals surface area contributed by atoms with Gasteiger partial charge in [0.25, 0.3) is 0 Å². The summed E-state index contributed by atoms with van der Waals surface area (Å²) in [5.74, 6) is 1.01. The van der Waals surface area contributed by atoms with Crippen LogP contribution in [0.3, 0.4) is 0 Å². The summed E-state index contributed by atoms with van der Waals surface area (Å²) in [6.45, 7) is 8.90. The Morgan fingerprint density at radius 1 is 1.07 bits per heavy atom. The van der Waals surface area contributed by atoms with Gasteiger partial charge in [0.15, 0.2) is 0 Å². The van der Waals surface area contributed by atoms with Gasteiger partial charge in [-0.25, -0.2) is 0 Å². The van der Waals surface area contributed by atoms with Crippen molar-refractivity contribution in [2.75, 3.05) is 39.3 Å². The summed E-state index contributed by atoms with van der Waals surface area (Å²) in [5, 5.41) is 15.4. The van der Waals surface area contributed by atoms with E-state index in [2.05, 4.69) is 44.3 Å². The van der Waals surface area contributed by atoms with Crippen LogP contribution in [0.15, 0.2) is 42.9 Å². The SMILES string of the molecule is CC(=O)N1CCc2c(c(-c3cccc4cc(-c5cnn(C)c5)ncc34)nn2C2CCN(CCC3CCNCC3)CC2)C1. The highest BCUT2D eigenvalue weighted by Gasteiger charge is 2.31. The molecular formula is C33H42N8O. The van der Waals surface area contributed by atoms with Crippen molar-refractivity contribution in [2.45, 2.75) is 58.0 Å². The number of rotatable bonds is 6. The number of hydrogen-bond acceptors (Lipinski definition) is 6. The molecule has 9 nitrogen and oxygen atoms in total. The number of benzene rings is 1. The number of likely N-dealkylation sites (tertiary alicyclic amines) is 1. The monoisotopic (exact) mass is 566 g/mol. The molecule has 2 saturated heterocycles. The lowest BCUT2D eigenvalue weighted by atomic mass is 9.94. The molecule has 0 aliphatic carbocycles. The molecule has 6 heterocycles. The van der Waals surface area contributed by atoms with Crippen molar-refractivity contribution in [3.63, 3.8) is 0 Å². The predicted molar refractivity (Wildman–Crippen MR) is 165 cm³/mol. The molecule has 2 fully saturated rings. The minimum atomic E-state index is 0.127. The molecule has 1 amide bonds. The largest absolute Gasteiger partial charge is 0.338 e. The van der Waals surface area contributed by atoms with Crippen LogP contribution >= 0.6 is 0 Å². The Balaban J connectivity index is 1.17. The van der Waals surface area contributed by atoms with Crippen molar-refractivity contribution >= 4 is 16.7 Å². The van der Waals surface area contributed by atoms with Gasteiger partial charge >= 0.3 is 0 Å². The molecule has 220 valence electrons.